The SMILES string of the molecule is Cc1ccc2[nH]cc(CCN3CC(C(=O)Nc4ccc(C(N)=O)cc4)CC3=O)c2c1. The van der Waals surface area contributed by atoms with Gasteiger partial charge in [0.05, 0.1) is 5.92 Å². The van der Waals surface area contributed by atoms with Gasteiger partial charge in [-0.15, -0.1) is 0 Å². The first-order valence-corrected chi connectivity index (χ1v) is 9.96. The normalized spacial score (nSPS) is 16.2. The van der Waals surface area contributed by atoms with Crippen molar-refractivity contribution in [1.82, 2.24) is 9.88 Å². The fraction of sp³-hybridized carbons (Fsp3) is 0.261. The molecule has 1 atom stereocenters. The number of hydrogen-bond acceptors (Lipinski definition) is 3. The molecule has 4 rings (SSSR count). The zero-order valence-electron chi connectivity index (χ0n) is 16.8. The van der Waals surface area contributed by atoms with E-state index in [2.05, 4.69) is 35.4 Å². The number of amides is 3. The van der Waals surface area contributed by atoms with Crippen LogP contribution in [-0.4, -0.2) is 40.7 Å². The van der Waals surface area contributed by atoms with E-state index in [1.54, 1.807) is 29.2 Å². The highest BCUT2D eigenvalue weighted by atomic mass is 16.2. The molecule has 1 unspecified atom stereocenters. The molecule has 0 bridgehead atoms. The summed E-state index contributed by atoms with van der Waals surface area (Å²) in [6.07, 6.45) is 2.93. The first-order chi connectivity index (χ1) is 14.4. The summed E-state index contributed by atoms with van der Waals surface area (Å²) in [5.74, 6) is -1.11. The number of carbonyl (C=O) groups excluding carboxylic acids is 3. The Labute approximate surface area is 174 Å². The van der Waals surface area contributed by atoms with Crippen LogP contribution in [0.5, 0.6) is 0 Å². The highest BCUT2D eigenvalue weighted by molar-refractivity contribution is 5.98. The Morgan fingerprint density at radius 2 is 1.97 bits per heavy atom. The molecule has 1 aromatic heterocycles. The quantitative estimate of drug-likeness (QED) is 0.588. The predicted octanol–water partition coefficient (Wildman–Crippen LogP) is 2.60. The van der Waals surface area contributed by atoms with E-state index >= 15 is 0 Å². The molecule has 1 aliphatic rings. The first kappa shape index (κ1) is 19.7. The number of rotatable bonds is 6. The smallest absolute Gasteiger partial charge is 0.248 e. The highest BCUT2D eigenvalue weighted by Crippen LogP contribution is 2.23. The molecule has 30 heavy (non-hydrogen) atoms. The van der Waals surface area contributed by atoms with Crippen molar-refractivity contribution < 1.29 is 14.4 Å². The molecule has 0 radical (unpaired) electrons. The number of primary amides is 1. The number of carbonyl (C=O) groups is 3. The number of aromatic amines is 1. The number of H-pyrrole nitrogens is 1. The van der Waals surface area contributed by atoms with Gasteiger partial charge in [-0.3, -0.25) is 14.4 Å². The highest BCUT2D eigenvalue weighted by Gasteiger charge is 2.34. The van der Waals surface area contributed by atoms with Crippen molar-refractivity contribution in [3.8, 4) is 0 Å². The minimum Gasteiger partial charge on any atom is -0.366 e. The lowest BCUT2D eigenvalue weighted by Crippen LogP contribution is -2.30. The summed E-state index contributed by atoms with van der Waals surface area (Å²) >= 11 is 0. The molecule has 0 aliphatic carbocycles. The van der Waals surface area contributed by atoms with E-state index < -0.39 is 11.8 Å². The summed E-state index contributed by atoms with van der Waals surface area (Å²) in [7, 11) is 0. The van der Waals surface area contributed by atoms with Crippen molar-refractivity contribution in [2.24, 2.45) is 11.7 Å². The van der Waals surface area contributed by atoms with Crippen LogP contribution in [0.4, 0.5) is 5.69 Å². The van der Waals surface area contributed by atoms with Crippen LogP contribution in [0.25, 0.3) is 10.9 Å². The number of hydrogen-bond donors (Lipinski definition) is 3. The predicted molar refractivity (Wildman–Crippen MR) is 115 cm³/mol. The summed E-state index contributed by atoms with van der Waals surface area (Å²) in [4.78, 5) is 41.2. The Hall–Kier alpha value is -3.61. The third-order valence-electron chi connectivity index (χ3n) is 5.60. The second-order valence-corrected chi connectivity index (χ2v) is 7.78. The van der Waals surface area contributed by atoms with E-state index in [1.165, 1.54) is 16.5 Å². The molecular formula is C23H24N4O3. The molecule has 2 heterocycles. The molecule has 4 N–H and O–H groups in total. The van der Waals surface area contributed by atoms with Gasteiger partial charge in [0.2, 0.25) is 17.7 Å². The Balaban J connectivity index is 1.35. The van der Waals surface area contributed by atoms with Gasteiger partial charge in [-0.05, 0) is 55.3 Å². The summed E-state index contributed by atoms with van der Waals surface area (Å²) in [5.41, 5.74) is 9.63. The number of anilines is 1. The minimum absolute atomic E-state index is 0.00440. The standard InChI is InChI=1S/C23H24N4O3/c1-14-2-7-20-19(10-14)16(12-25-20)8-9-27-13-17(11-21(27)28)23(30)26-18-5-3-15(4-6-18)22(24)29/h2-7,10,12,17,25H,8-9,11,13H2,1H3,(H2,24,29)(H,26,30). The van der Waals surface area contributed by atoms with Crippen molar-refractivity contribution in [2.75, 3.05) is 18.4 Å². The van der Waals surface area contributed by atoms with E-state index in [1.807, 2.05) is 6.20 Å². The molecule has 154 valence electrons. The molecule has 1 fully saturated rings. The number of nitrogens with zero attached hydrogens (tertiary/aromatic N) is 1. The number of fused-ring (bicyclic) bond motifs is 1. The average molecular weight is 404 g/mol. The van der Waals surface area contributed by atoms with Crippen LogP contribution >= 0.6 is 0 Å². The molecular weight excluding hydrogens is 380 g/mol. The number of aryl methyl sites for hydroxylation is 1. The van der Waals surface area contributed by atoms with Gasteiger partial charge in [-0.1, -0.05) is 11.6 Å². The van der Waals surface area contributed by atoms with Gasteiger partial charge in [0.15, 0.2) is 0 Å². The van der Waals surface area contributed by atoms with Gasteiger partial charge in [0, 0.05) is 47.9 Å². The van der Waals surface area contributed by atoms with Crippen LogP contribution in [-0.2, 0) is 16.0 Å². The lowest BCUT2D eigenvalue weighted by atomic mass is 10.1. The maximum atomic E-state index is 12.6. The maximum Gasteiger partial charge on any atom is 0.248 e. The first-order valence-electron chi connectivity index (χ1n) is 9.96. The Kier molecular flexibility index (Phi) is 5.27. The summed E-state index contributed by atoms with van der Waals surface area (Å²) in [6.45, 7) is 3.05. The number of benzene rings is 2. The zero-order valence-corrected chi connectivity index (χ0v) is 16.8. The molecule has 3 aromatic rings. The van der Waals surface area contributed by atoms with Gasteiger partial charge in [-0.2, -0.15) is 0 Å². The molecule has 2 aromatic carbocycles. The van der Waals surface area contributed by atoms with Crippen LogP contribution in [0.1, 0.15) is 27.9 Å². The lowest BCUT2D eigenvalue weighted by Gasteiger charge is -2.16. The Morgan fingerprint density at radius 3 is 2.70 bits per heavy atom. The van der Waals surface area contributed by atoms with Gasteiger partial charge in [0.1, 0.15) is 0 Å². The van der Waals surface area contributed by atoms with Crippen LogP contribution in [0.2, 0.25) is 0 Å². The van der Waals surface area contributed by atoms with Crippen molar-refractivity contribution in [1.29, 1.82) is 0 Å². The minimum atomic E-state index is -0.518. The fourth-order valence-electron chi connectivity index (χ4n) is 3.88. The average Bonchev–Trinajstić information content (AvgIpc) is 3.29. The van der Waals surface area contributed by atoms with Crippen molar-refractivity contribution in [2.45, 2.75) is 19.8 Å². The van der Waals surface area contributed by atoms with Crippen molar-refractivity contribution in [3.63, 3.8) is 0 Å². The van der Waals surface area contributed by atoms with E-state index in [4.69, 9.17) is 5.73 Å². The third-order valence-corrected chi connectivity index (χ3v) is 5.60. The van der Waals surface area contributed by atoms with Gasteiger partial charge < -0.3 is 20.9 Å². The van der Waals surface area contributed by atoms with Crippen LogP contribution in [0.15, 0.2) is 48.7 Å². The molecule has 0 saturated carbocycles. The topological polar surface area (TPSA) is 108 Å². The third kappa shape index (κ3) is 4.05. The van der Waals surface area contributed by atoms with Crippen LogP contribution in [0.3, 0.4) is 0 Å². The summed E-state index contributed by atoms with van der Waals surface area (Å²) in [5, 5.41) is 3.99. The van der Waals surface area contributed by atoms with Gasteiger partial charge in [-0.25, -0.2) is 0 Å². The molecule has 0 spiro atoms. The Morgan fingerprint density at radius 1 is 1.20 bits per heavy atom. The molecule has 1 aliphatic heterocycles. The monoisotopic (exact) mass is 404 g/mol. The molecule has 7 nitrogen and oxygen atoms in total. The van der Waals surface area contributed by atoms with E-state index in [0.29, 0.717) is 24.3 Å². The zero-order chi connectivity index (χ0) is 21.3. The largest absolute Gasteiger partial charge is 0.366 e. The number of nitrogens with two attached hydrogens (primary N) is 1. The van der Waals surface area contributed by atoms with Crippen molar-refractivity contribution >= 4 is 34.3 Å². The van der Waals surface area contributed by atoms with Crippen molar-refractivity contribution in [3.05, 3.63) is 65.4 Å². The van der Waals surface area contributed by atoms with E-state index in [-0.39, 0.29) is 18.2 Å². The lowest BCUT2D eigenvalue weighted by molar-refractivity contribution is -0.128. The fourth-order valence-corrected chi connectivity index (χ4v) is 3.88. The molecule has 7 heteroatoms. The second kappa shape index (κ2) is 8.02. The van der Waals surface area contributed by atoms with Crippen LogP contribution < -0.4 is 11.1 Å². The number of aromatic nitrogens is 1. The number of nitrogens with one attached hydrogen (secondary N) is 2. The van der Waals surface area contributed by atoms with E-state index in [0.717, 1.165) is 11.9 Å². The number of likely N-dealkylation sites (tertiary alicyclic amines) is 1. The van der Waals surface area contributed by atoms with E-state index in [9.17, 15) is 14.4 Å². The molecule has 3 amide bonds. The summed E-state index contributed by atoms with van der Waals surface area (Å²) in [6, 6.07) is 12.7. The Bertz CT molecular complexity index is 1120. The second-order valence-electron chi connectivity index (χ2n) is 7.78. The van der Waals surface area contributed by atoms with Crippen LogP contribution in [0, 0.1) is 12.8 Å². The van der Waals surface area contributed by atoms with Gasteiger partial charge in [0.25, 0.3) is 0 Å². The van der Waals surface area contributed by atoms with Gasteiger partial charge >= 0.3 is 0 Å². The maximum absolute atomic E-state index is 12.6. The summed E-state index contributed by atoms with van der Waals surface area (Å²) < 4.78 is 0. The molecule has 1 saturated heterocycles.